The Morgan fingerprint density at radius 2 is 1.84 bits per heavy atom. The highest BCUT2D eigenvalue weighted by atomic mass is 16.1. The number of amides is 1. The standard InChI is InChI=1S/C34H35N3O/c38-32(36-28-16-18-29(19-17-28)37-21-31(35-22-37)24-5-1-2-6-24)10-4-7-23-11-12-27-14-13-25-8-3-9-26-15-20-30(23)34(27)33(25)26/h3,9,11-19,21,24,35H,1-2,4-8,10,20,22H2,(H,36,38). The van der Waals surface area contributed by atoms with Gasteiger partial charge in [-0.25, -0.2) is 0 Å². The molecule has 1 heterocycles. The van der Waals surface area contributed by atoms with Gasteiger partial charge >= 0.3 is 0 Å². The van der Waals surface area contributed by atoms with Gasteiger partial charge in [0.2, 0.25) is 5.91 Å². The quantitative estimate of drug-likeness (QED) is 0.358. The highest BCUT2D eigenvalue weighted by molar-refractivity contribution is 6.02. The lowest BCUT2D eigenvalue weighted by atomic mass is 9.80. The molecule has 1 fully saturated rings. The van der Waals surface area contributed by atoms with Crippen LogP contribution in [0.15, 0.2) is 78.7 Å². The molecule has 4 aliphatic rings. The molecule has 7 rings (SSSR count). The van der Waals surface area contributed by atoms with E-state index in [1.165, 1.54) is 70.0 Å². The molecule has 1 saturated carbocycles. The van der Waals surface area contributed by atoms with Gasteiger partial charge < -0.3 is 15.5 Å². The van der Waals surface area contributed by atoms with Crippen LogP contribution in [0.1, 0.15) is 60.8 Å². The van der Waals surface area contributed by atoms with Crippen LogP contribution in [-0.2, 0) is 24.1 Å². The number of hydrogen-bond donors (Lipinski definition) is 2. The summed E-state index contributed by atoms with van der Waals surface area (Å²) < 4.78 is 0. The van der Waals surface area contributed by atoms with Crippen LogP contribution >= 0.6 is 0 Å². The predicted octanol–water partition coefficient (Wildman–Crippen LogP) is 7.25. The average molecular weight is 502 g/mol. The molecule has 3 aromatic rings. The number of nitrogens with one attached hydrogen (secondary N) is 2. The first-order valence-corrected chi connectivity index (χ1v) is 14.3. The van der Waals surface area contributed by atoms with E-state index in [0.717, 1.165) is 43.7 Å². The molecule has 2 N–H and O–H groups in total. The Morgan fingerprint density at radius 3 is 2.71 bits per heavy atom. The lowest BCUT2D eigenvalue weighted by Gasteiger charge is -2.24. The molecular weight excluding hydrogens is 466 g/mol. The SMILES string of the molecule is O=C(CCCc1ccc2ccc3c4c2c1CC=C4C=CC3)Nc1ccc(N2C=C(C3CCCC3)NC2)cc1. The van der Waals surface area contributed by atoms with Crippen LogP contribution in [0, 0.1) is 5.92 Å². The van der Waals surface area contributed by atoms with E-state index in [2.05, 4.69) is 76.4 Å². The fraction of sp³-hybridized carbons (Fsp3) is 0.324. The second kappa shape index (κ2) is 9.83. The minimum atomic E-state index is 0.0862. The van der Waals surface area contributed by atoms with Gasteiger partial charge in [0, 0.05) is 35.6 Å². The first-order valence-electron chi connectivity index (χ1n) is 14.3. The van der Waals surface area contributed by atoms with E-state index < -0.39 is 0 Å². The Bertz CT molecular complexity index is 1490. The Labute approximate surface area is 225 Å². The van der Waals surface area contributed by atoms with Gasteiger partial charge in [0.15, 0.2) is 0 Å². The van der Waals surface area contributed by atoms with Crippen LogP contribution in [0.4, 0.5) is 11.4 Å². The molecule has 3 aliphatic carbocycles. The normalized spacial score (nSPS) is 17.9. The first kappa shape index (κ1) is 23.3. The summed E-state index contributed by atoms with van der Waals surface area (Å²) in [6.45, 7) is 0.824. The zero-order valence-corrected chi connectivity index (χ0v) is 21.9. The van der Waals surface area contributed by atoms with E-state index in [4.69, 9.17) is 0 Å². The minimum absolute atomic E-state index is 0.0862. The highest BCUT2D eigenvalue weighted by Crippen LogP contribution is 2.40. The number of carbonyl (C=O) groups excluding carboxylic acids is 1. The molecule has 0 spiro atoms. The monoisotopic (exact) mass is 501 g/mol. The molecule has 4 nitrogen and oxygen atoms in total. The molecule has 0 unspecified atom stereocenters. The van der Waals surface area contributed by atoms with E-state index in [-0.39, 0.29) is 5.91 Å². The Morgan fingerprint density at radius 1 is 1.00 bits per heavy atom. The largest absolute Gasteiger partial charge is 0.369 e. The average Bonchev–Trinajstić information content (AvgIpc) is 3.66. The van der Waals surface area contributed by atoms with Crippen molar-refractivity contribution < 1.29 is 4.79 Å². The molecule has 38 heavy (non-hydrogen) atoms. The molecule has 0 aromatic heterocycles. The van der Waals surface area contributed by atoms with Crippen LogP contribution in [0.2, 0.25) is 0 Å². The maximum atomic E-state index is 12.7. The number of anilines is 2. The number of nitrogens with zero attached hydrogens (tertiary/aromatic N) is 1. The molecule has 0 atom stereocenters. The summed E-state index contributed by atoms with van der Waals surface area (Å²) in [5.74, 6) is 0.784. The number of rotatable bonds is 7. The van der Waals surface area contributed by atoms with E-state index in [1.54, 1.807) is 0 Å². The lowest BCUT2D eigenvalue weighted by molar-refractivity contribution is -0.116. The van der Waals surface area contributed by atoms with E-state index in [0.29, 0.717) is 12.3 Å². The van der Waals surface area contributed by atoms with Crippen LogP contribution in [-0.4, -0.2) is 12.6 Å². The lowest BCUT2D eigenvalue weighted by Crippen LogP contribution is -2.22. The summed E-state index contributed by atoms with van der Waals surface area (Å²) in [6, 6.07) is 17.3. The van der Waals surface area contributed by atoms with Gasteiger partial charge in [-0.05, 0) is 101 Å². The molecule has 0 radical (unpaired) electrons. The van der Waals surface area contributed by atoms with Crippen molar-refractivity contribution in [3.05, 3.63) is 101 Å². The minimum Gasteiger partial charge on any atom is -0.369 e. The fourth-order valence-corrected chi connectivity index (χ4v) is 6.81. The van der Waals surface area contributed by atoms with Crippen LogP contribution in [0.25, 0.3) is 16.3 Å². The fourth-order valence-electron chi connectivity index (χ4n) is 6.81. The Kier molecular flexibility index (Phi) is 6.04. The van der Waals surface area contributed by atoms with E-state index in [9.17, 15) is 4.79 Å². The zero-order chi connectivity index (χ0) is 25.5. The summed E-state index contributed by atoms with van der Waals surface area (Å²) in [6.07, 6.45) is 18.8. The van der Waals surface area contributed by atoms with Gasteiger partial charge in [-0.3, -0.25) is 4.79 Å². The predicted molar refractivity (Wildman–Crippen MR) is 157 cm³/mol. The van der Waals surface area contributed by atoms with Crippen molar-refractivity contribution in [2.75, 3.05) is 16.9 Å². The van der Waals surface area contributed by atoms with Gasteiger partial charge in [0.25, 0.3) is 0 Å². The van der Waals surface area contributed by atoms with Crippen molar-refractivity contribution in [2.24, 2.45) is 5.92 Å². The van der Waals surface area contributed by atoms with Gasteiger partial charge in [-0.2, -0.15) is 0 Å². The van der Waals surface area contributed by atoms with Crippen LogP contribution in [0.5, 0.6) is 0 Å². The molecular formula is C34H35N3O. The summed E-state index contributed by atoms with van der Waals surface area (Å²) >= 11 is 0. The van der Waals surface area contributed by atoms with Crippen molar-refractivity contribution >= 4 is 33.6 Å². The van der Waals surface area contributed by atoms with Gasteiger partial charge in [0.1, 0.15) is 0 Å². The smallest absolute Gasteiger partial charge is 0.224 e. The third-order valence-corrected chi connectivity index (χ3v) is 8.80. The molecule has 1 amide bonds. The topological polar surface area (TPSA) is 44.4 Å². The van der Waals surface area contributed by atoms with Gasteiger partial charge in [0.05, 0.1) is 6.67 Å². The molecule has 1 aliphatic heterocycles. The van der Waals surface area contributed by atoms with Crippen molar-refractivity contribution in [2.45, 2.75) is 57.8 Å². The molecule has 4 heteroatoms. The summed E-state index contributed by atoms with van der Waals surface area (Å²) in [5, 5.41) is 9.45. The second-order valence-electron chi connectivity index (χ2n) is 11.2. The third-order valence-electron chi connectivity index (χ3n) is 8.80. The van der Waals surface area contributed by atoms with Crippen molar-refractivity contribution in [1.29, 1.82) is 0 Å². The third kappa shape index (κ3) is 4.32. The number of benzene rings is 3. The summed E-state index contributed by atoms with van der Waals surface area (Å²) in [5.41, 5.74) is 10.5. The van der Waals surface area contributed by atoms with Crippen LogP contribution < -0.4 is 15.5 Å². The Hall–Kier alpha value is -3.79. The van der Waals surface area contributed by atoms with Gasteiger partial charge in [-0.15, -0.1) is 0 Å². The first-order chi connectivity index (χ1) is 18.7. The van der Waals surface area contributed by atoms with Crippen molar-refractivity contribution in [3.63, 3.8) is 0 Å². The summed E-state index contributed by atoms with van der Waals surface area (Å²) in [4.78, 5) is 15.0. The van der Waals surface area contributed by atoms with Crippen molar-refractivity contribution in [3.8, 4) is 0 Å². The van der Waals surface area contributed by atoms with Crippen LogP contribution in [0.3, 0.4) is 0 Å². The Balaban J connectivity index is 0.967. The summed E-state index contributed by atoms with van der Waals surface area (Å²) in [7, 11) is 0. The second-order valence-corrected chi connectivity index (χ2v) is 11.2. The van der Waals surface area contributed by atoms with Crippen molar-refractivity contribution in [1.82, 2.24) is 5.32 Å². The molecule has 192 valence electrons. The van der Waals surface area contributed by atoms with E-state index >= 15 is 0 Å². The molecule has 0 saturated heterocycles. The molecule has 3 aromatic carbocycles. The van der Waals surface area contributed by atoms with E-state index in [1.807, 2.05) is 12.1 Å². The molecule has 0 bridgehead atoms. The number of carbonyl (C=O) groups is 1. The van der Waals surface area contributed by atoms with Gasteiger partial charge in [-0.1, -0.05) is 55.3 Å². The number of allylic oxidation sites excluding steroid dienone is 5. The maximum absolute atomic E-state index is 12.7. The maximum Gasteiger partial charge on any atom is 0.224 e. The number of aryl methyl sites for hydroxylation is 1. The highest BCUT2D eigenvalue weighted by Gasteiger charge is 2.24. The number of hydrogen-bond acceptors (Lipinski definition) is 3. The zero-order valence-electron chi connectivity index (χ0n) is 21.9.